The molecule has 0 unspecified atom stereocenters. The van der Waals surface area contributed by atoms with Crippen LogP contribution in [0.1, 0.15) is 27.2 Å². The zero-order valence-corrected chi connectivity index (χ0v) is 8.59. The summed E-state index contributed by atoms with van der Waals surface area (Å²) in [4.78, 5) is 13.5. The summed E-state index contributed by atoms with van der Waals surface area (Å²) in [6.45, 7) is 6.81. The van der Waals surface area contributed by atoms with Crippen molar-refractivity contribution in [1.82, 2.24) is 4.90 Å². The third kappa shape index (κ3) is 2.50. The van der Waals surface area contributed by atoms with Gasteiger partial charge in [-0.3, -0.25) is 9.69 Å². The highest BCUT2D eigenvalue weighted by atomic mass is 19.1. The van der Waals surface area contributed by atoms with Gasteiger partial charge < -0.3 is 0 Å². The molecule has 1 fully saturated rings. The Bertz CT molecular complexity index is 193. The lowest BCUT2D eigenvalue weighted by atomic mass is 10.0. The summed E-state index contributed by atoms with van der Waals surface area (Å²) in [5.41, 5.74) is 0. The van der Waals surface area contributed by atoms with E-state index in [2.05, 4.69) is 0 Å². The largest absolute Gasteiger partial charge is 0.298 e. The minimum Gasteiger partial charge on any atom is -0.298 e. The normalized spacial score (nSPS) is 26.7. The van der Waals surface area contributed by atoms with Gasteiger partial charge in [0.15, 0.2) is 5.78 Å². The minimum absolute atomic E-state index is 0.0497. The molecule has 2 atom stereocenters. The van der Waals surface area contributed by atoms with E-state index >= 15 is 0 Å². The molecule has 0 radical (unpaired) electrons. The zero-order chi connectivity index (χ0) is 10.0. The van der Waals surface area contributed by atoms with E-state index in [1.54, 1.807) is 0 Å². The molecule has 0 bridgehead atoms. The molecule has 0 aromatic heterocycles. The van der Waals surface area contributed by atoms with Gasteiger partial charge in [0.25, 0.3) is 0 Å². The average molecular weight is 187 g/mol. The highest BCUT2D eigenvalue weighted by Gasteiger charge is 2.29. The summed E-state index contributed by atoms with van der Waals surface area (Å²) in [6, 6.07) is -0.110. The van der Waals surface area contributed by atoms with Gasteiger partial charge in [-0.2, -0.15) is 0 Å². The van der Waals surface area contributed by atoms with Crippen LogP contribution in [0, 0.1) is 5.92 Å². The molecule has 0 aromatic carbocycles. The number of ketones is 1. The number of carbonyl (C=O) groups is 1. The van der Waals surface area contributed by atoms with Crippen molar-refractivity contribution in [2.24, 2.45) is 5.92 Å². The second kappa shape index (κ2) is 4.18. The number of likely N-dealkylation sites (tertiary alicyclic amines) is 1. The molecular formula is C10H18FNO. The molecule has 1 aliphatic rings. The van der Waals surface area contributed by atoms with Gasteiger partial charge in [-0.1, -0.05) is 13.8 Å². The van der Waals surface area contributed by atoms with E-state index in [-0.39, 0.29) is 17.7 Å². The van der Waals surface area contributed by atoms with Crippen molar-refractivity contribution in [2.45, 2.75) is 39.4 Å². The number of halogens is 1. The molecule has 76 valence electrons. The summed E-state index contributed by atoms with van der Waals surface area (Å²) in [6.07, 6.45) is -0.155. The summed E-state index contributed by atoms with van der Waals surface area (Å²) < 4.78 is 12.8. The number of rotatable bonds is 3. The molecule has 0 N–H and O–H groups in total. The number of alkyl halides is 1. The molecule has 0 aliphatic carbocycles. The SMILES string of the molecule is CC(C)C(=O)[C@@H](C)N1CC[C@H](F)C1. The predicted molar refractivity (Wildman–Crippen MR) is 50.4 cm³/mol. The third-order valence-electron chi connectivity index (χ3n) is 2.69. The molecule has 3 heteroatoms. The Morgan fingerprint density at radius 2 is 2.08 bits per heavy atom. The van der Waals surface area contributed by atoms with E-state index in [9.17, 15) is 9.18 Å². The summed E-state index contributed by atoms with van der Waals surface area (Å²) >= 11 is 0. The van der Waals surface area contributed by atoms with E-state index < -0.39 is 6.17 Å². The van der Waals surface area contributed by atoms with E-state index in [1.165, 1.54) is 0 Å². The van der Waals surface area contributed by atoms with Crippen molar-refractivity contribution in [3.05, 3.63) is 0 Å². The van der Waals surface area contributed by atoms with E-state index in [4.69, 9.17) is 0 Å². The van der Waals surface area contributed by atoms with Crippen LogP contribution in [0.15, 0.2) is 0 Å². The van der Waals surface area contributed by atoms with Crippen molar-refractivity contribution in [3.63, 3.8) is 0 Å². The molecule has 0 aromatic rings. The van der Waals surface area contributed by atoms with Crippen LogP contribution in [-0.2, 0) is 4.79 Å². The van der Waals surface area contributed by atoms with Crippen LogP contribution in [0.4, 0.5) is 4.39 Å². The fraction of sp³-hybridized carbons (Fsp3) is 0.900. The van der Waals surface area contributed by atoms with Gasteiger partial charge in [-0.05, 0) is 13.3 Å². The molecule has 1 heterocycles. The van der Waals surface area contributed by atoms with Crippen LogP contribution >= 0.6 is 0 Å². The molecule has 2 nitrogen and oxygen atoms in total. The van der Waals surface area contributed by atoms with Crippen LogP contribution in [0.3, 0.4) is 0 Å². The Morgan fingerprint density at radius 3 is 2.46 bits per heavy atom. The molecule has 0 saturated carbocycles. The average Bonchev–Trinajstić information content (AvgIpc) is 2.49. The van der Waals surface area contributed by atoms with Gasteiger partial charge in [-0.15, -0.1) is 0 Å². The third-order valence-corrected chi connectivity index (χ3v) is 2.69. The maximum Gasteiger partial charge on any atom is 0.152 e. The first kappa shape index (κ1) is 10.6. The van der Waals surface area contributed by atoms with Crippen LogP contribution < -0.4 is 0 Å². The standard InChI is InChI=1S/C10H18FNO/c1-7(2)10(13)8(3)12-5-4-9(11)6-12/h7-9H,4-6H2,1-3H3/t8-,9+/m1/s1. The van der Waals surface area contributed by atoms with Gasteiger partial charge in [0.1, 0.15) is 6.17 Å². The summed E-state index contributed by atoms with van der Waals surface area (Å²) in [5, 5.41) is 0. The van der Waals surface area contributed by atoms with Crippen molar-refractivity contribution >= 4 is 5.78 Å². The molecule has 13 heavy (non-hydrogen) atoms. The lowest BCUT2D eigenvalue weighted by molar-refractivity contribution is -0.126. The fourth-order valence-electron chi connectivity index (χ4n) is 1.76. The Kier molecular flexibility index (Phi) is 3.42. The van der Waals surface area contributed by atoms with Gasteiger partial charge >= 0.3 is 0 Å². The van der Waals surface area contributed by atoms with Gasteiger partial charge in [0.05, 0.1) is 6.04 Å². The van der Waals surface area contributed by atoms with Crippen LogP contribution in [-0.4, -0.2) is 36.0 Å². The first-order chi connectivity index (χ1) is 6.02. The Labute approximate surface area is 79.1 Å². The zero-order valence-electron chi connectivity index (χ0n) is 8.59. The van der Waals surface area contributed by atoms with Crippen LogP contribution in [0.25, 0.3) is 0 Å². The lowest BCUT2D eigenvalue weighted by Crippen LogP contribution is -2.39. The first-order valence-electron chi connectivity index (χ1n) is 4.94. The van der Waals surface area contributed by atoms with Crippen LogP contribution in [0.2, 0.25) is 0 Å². The highest BCUT2D eigenvalue weighted by Crippen LogP contribution is 2.17. The minimum atomic E-state index is -0.734. The molecule has 1 aliphatic heterocycles. The topological polar surface area (TPSA) is 20.3 Å². The predicted octanol–water partition coefficient (Wildman–Crippen LogP) is 1.64. The van der Waals surface area contributed by atoms with Crippen molar-refractivity contribution < 1.29 is 9.18 Å². The molecule has 0 amide bonds. The molecule has 0 spiro atoms. The monoisotopic (exact) mass is 187 g/mol. The Balaban J connectivity index is 2.48. The first-order valence-corrected chi connectivity index (χ1v) is 4.94. The number of nitrogens with zero attached hydrogens (tertiary/aromatic N) is 1. The lowest BCUT2D eigenvalue weighted by Gasteiger charge is -2.23. The second-order valence-corrected chi connectivity index (χ2v) is 4.11. The molecular weight excluding hydrogens is 169 g/mol. The number of carbonyl (C=O) groups excluding carboxylic acids is 1. The van der Waals surface area contributed by atoms with Crippen molar-refractivity contribution in [3.8, 4) is 0 Å². The van der Waals surface area contributed by atoms with E-state index in [1.807, 2.05) is 25.7 Å². The number of hydrogen-bond donors (Lipinski definition) is 0. The summed E-state index contributed by atoms with van der Waals surface area (Å²) in [5.74, 6) is 0.266. The van der Waals surface area contributed by atoms with Crippen molar-refractivity contribution in [2.75, 3.05) is 13.1 Å². The highest BCUT2D eigenvalue weighted by molar-refractivity contribution is 5.85. The second-order valence-electron chi connectivity index (χ2n) is 4.11. The number of Topliss-reactive ketones (excluding diaryl/α,β-unsaturated/α-hetero) is 1. The maximum atomic E-state index is 12.8. The van der Waals surface area contributed by atoms with E-state index in [0.717, 1.165) is 6.54 Å². The van der Waals surface area contributed by atoms with Gasteiger partial charge in [0, 0.05) is 19.0 Å². The Morgan fingerprint density at radius 1 is 1.46 bits per heavy atom. The smallest absolute Gasteiger partial charge is 0.152 e. The van der Waals surface area contributed by atoms with Gasteiger partial charge in [0.2, 0.25) is 0 Å². The Hall–Kier alpha value is -0.440. The molecule has 1 rings (SSSR count). The summed E-state index contributed by atoms with van der Waals surface area (Å²) in [7, 11) is 0. The quantitative estimate of drug-likeness (QED) is 0.669. The fourth-order valence-corrected chi connectivity index (χ4v) is 1.76. The number of hydrogen-bond acceptors (Lipinski definition) is 2. The molecule has 1 saturated heterocycles. The maximum absolute atomic E-state index is 12.8. The van der Waals surface area contributed by atoms with Crippen molar-refractivity contribution in [1.29, 1.82) is 0 Å². The van der Waals surface area contributed by atoms with Crippen LogP contribution in [0.5, 0.6) is 0 Å². The van der Waals surface area contributed by atoms with Gasteiger partial charge in [-0.25, -0.2) is 4.39 Å². The van der Waals surface area contributed by atoms with E-state index in [0.29, 0.717) is 13.0 Å².